The van der Waals surface area contributed by atoms with Crippen LogP contribution in [-0.2, 0) is 14.8 Å². The molecule has 3 heterocycles. The van der Waals surface area contributed by atoms with Gasteiger partial charge >= 0.3 is 0 Å². The summed E-state index contributed by atoms with van der Waals surface area (Å²) in [6, 6.07) is 5.64. The monoisotopic (exact) mass is 437 g/mol. The van der Waals surface area contributed by atoms with Gasteiger partial charge in [-0.1, -0.05) is 18.9 Å². The van der Waals surface area contributed by atoms with Gasteiger partial charge in [-0.15, -0.1) is 11.3 Å². The van der Waals surface area contributed by atoms with Crippen LogP contribution in [-0.4, -0.2) is 66.0 Å². The number of hydrogen-bond acceptors (Lipinski definition) is 6. The molecule has 0 bridgehead atoms. The first-order valence-electron chi connectivity index (χ1n) is 10.1. The molecule has 2 fully saturated rings. The highest BCUT2D eigenvalue weighted by Gasteiger charge is 2.29. The minimum absolute atomic E-state index is 0.0293. The Balaban J connectivity index is 1.24. The van der Waals surface area contributed by atoms with Crippen molar-refractivity contribution in [3.8, 4) is 0 Å². The van der Waals surface area contributed by atoms with Crippen molar-refractivity contribution < 1.29 is 13.2 Å². The lowest BCUT2D eigenvalue weighted by atomic mass is 10.2. The van der Waals surface area contributed by atoms with E-state index >= 15 is 0 Å². The number of nitrogens with zero attached hydrogens (tertiary/aromatic N) is 4. The van der Waals surface area contributed by atoms with Crippen LogP contribution in [0.4, 0.5) is 5.82 Å². The minimum atomic E-state index is -3.38. The number of amides is 1. The van der Waals surface area contributed by atoms with E-state index in [1.165, 1.54) is 28.5 Å². The molecule has 0 spiro atoms. The van der Waals surface area contributed by atoms with Gasteiger partial charge in [-0.05, 0) is 24.3 Å². The molecule has 0 radical (unpaired) electrons. The van der Waals surface area contributed by atoms with Crippen molar-refractivity contribution in [1.29, 1.82) is 0 Å². The summed E-state index contributed by atoms with van der Waals surface area (Å²) in [5, 5.41) is 9.15. The summed E-state index contributed by atoms with van der Waals surface area (Å²) in [7, 11) is -3.38. The Hall–Kier alpha value is -1.75. The number of nitrogens with one attached hydrogen (secondary N) is 1. The molecule has 8 nitrogen and oxygen atoms in total. The molecule has 2 aromatic heterocycles. The second-order valence-electron chi connectivity index (χ2n) is 7.58. The van der Waals surface area contributed by atoms with Gasteiger partial charge in [0.05, 0.1) is 12.2 Å². The number of sulfonamides is 1. The average molecular weight is 438 g/mol. The van der Waals surface area contributed by atoms with E-state index in [1.54, 1.807) is 23.7 Å². The highest BCUT2D eigenvalue weighted by atomic mass is 32.2. The number of piperazine rings is 1. The molecule has 29 heavy (non-hydrogen) atoms. The summed E-state index contributed by atoms with van der Waals surface area (Å²) >= 11 is 1.25. The van der Waals surface area contributed by atoms with Gasteiger partial charge in [-0.25, -0.2) is 13.1 Å². The Morgan fingerprint density at radius 2 is 1.93 bits per heavy atom. The molecule has 4 rings (SSSR count). The van der Waals surface area contributed by atoms with Crippen LogP contribution >= 0.6 is 11.3 Å². The SMILES string of the molecule is O=C(CCN1CCN(S(=O)(=O)c2cccs2)CC1)Nc1ccnn1C1CCCC1. The van der Waals surface area contributed by atoms with Crippen LogP contribution < -0.4 is 5.32 Å². The fourth-order valence-corrected chi connectivity index (χ4v) is 6.62. The van der Waals surface area contributed by atoms with Gasteiger partial charge in [0.1, 0.15) is 10.0 Å². The van der Waals surface area contributed by atoms with Gasteiger partial charge in [-0.3, -0.25) is 4.79 Å². The van der Waals surface area contributed by atoms with Gasteiger partial charge in [0, 0.05) is 45.2 Å². The predicted octanol–water partition coefficient (Wildman–Crippen LogP) is 2.39. The third-order valence-electron chi connectivity index (χ3n) is 5.68. The molecule has 2 aliphatic rings. The number of carbonyl (C=O) groups is 1. The number of carbonyl (C=O) groups excluding carboxylic acids is 1. The maximum absolute atomic E-state index is 12.6. The molecule has 0 aromatic carbocycles. The predicted molar refractivity (Wildman–Crippen MR) is 112 cm³/mol. The van der Waals surface area contributed by atoms with Crippen molar-refractivity contribution in [2.45, 2.75) is 42.4 Å². The molecule has 1 amide bonds. The number of hydrogen-bond donors (Lipinski definition) is 1. The van der Waals surface area contributed by atoms with Crippen LogP contribution in [0.25, 0.3) is 0 Å². The van der Waals surface area contributed by atoms with Gasteiger partial charge < -0.3 is 10.2 Å². The maximum Gasteiger partial charge on any atom is 0.252 e. The van der Waals surface area contributed by atoms with Crippen molar-refractivity contribution >= 4 is 33.1 Å². The summed E-state index contributed by atoms with van der Waals surface area (Å²) in [5.74, 6) is 0.743. The van der Waals surface area contributed by atoms with Crippen molar-refractivity contribution in [1.82, 2.24) is 19.0 Å². The zero-order chi connectivity index (χ0) is 20.3. The van der Waals surface area contributed by atoms with Gasteiger partial charge in [0.25, 0.3) is 10.0 Å². The second kappa shape index (κ2) is 8.95. The van der Waals surface area contributed by atoms with Crippen LogP contribution in [0.5, 0.6) is 0 Å². The van der Waals surface area contributed by atoms with Gasteiger partial charge in [-0.2, -0.15) is 9.40 Å². The van der Waals surface area contributed by atoms with Crippen LogP contribution in [0, 0.1) is 0 Å². The van der Waals surface area contributed by atoms with E-state index in [9.17, 15) is 13.2 Å². The summed E-state index contributed by atoms with van der Waals surface area (Å²) in [5.41, 5.74) is 0. The van der Waals surface area contributed by atoms with E-state index in [4.69, 9.17) is 0 Å². The fraction of sp³-hybridized carbons (Fsp3) is 0.579. The first-order chi connectivity index (χ1) is 14.0. The first kappa shape index (κ1) is 20.5. The standard InChI is InChI=1S/C19H27N5O3S2/c25-18(21-17-7-9-20-24(17)16-4-1-2-5-16)8-10-22-11-13-23(14-12-22)29(26,27)19-6-3-15-28-19/h3,6-7,9,15-16H,1-2,4-5,8,10-14H2,(H,21,25). The van der Waals surface area contributed by atoms with E-state index < -0.39 is 10.0 Å². The van der Waals surface area contributed by atoms with Gasteiger partial charge in [0.2, 0.25) is 5.91 Å². The normalized spacial score (nSPS) is 19.6. The summed E-state index contributed by atoms with van der Waals surface area (Å²) in [6.45, 7) is 2.80. The third kappa shape index (κ3) is 4.71. The lowest BCUT2D eigenvalue weighted by Crippen LogP contribution is -2.48. The van der Waals surface area contributed by atoms with Crippen LogP contribution in [0.3, 0.4) is 0 Å². The zero-order valence-electron chi connectivity index (χ0n) is 16.4. The summed E-state index contributed by atoms with van der Waals surface area (Å²) < 4.78 is 29.0. The molecule has 1 aliphatic carbocycles. The van der Waals surface area contributed by atoms with Crippen molar-refractivity contribution in [2.24, 2.45) is 0 Å². The molecule has 1 aliphatic heterocycles. The van der Waals surface area contributed by atoms with Crippen LogP contribution in [0.1, 0.15) is 38.1 Å². The summed E-state index contributed by atoms with van der Waals surface area (Å²) in [4.78, 5) is 14.6. The topological polar surface area (TPSA) is 87.5 Å². The Kier molecular flexibility index (Phi) is 6.33. The highest BCUT2D eigenvalue weighted by molar-refractivity contribution is 7.91. The molecular formula is C19H27N5O3S2. The molecule has 0 atom stereocenters. The maximum atomic E-state index is 12.6. The third-order valence-corrected chi connectivity index (χ3v) is 8.96. The smallest absolute Gasteiger partial charge is 0.252 e. The first-order valence-corrected chi connectivity index (χ1v) is 12.5. The number of anilines is 1. The highest BCUT2D eigenvalue weighted by Crippen LogP contribution is 2.31. The molecular weight excluding hydrogens is 410 g/mol. The zero-order valence-corrected chi connectivity index (χ0v) is 18.0. The quantitative estimate of drug-likeness (QED) is 0.719. The Morgan fingerprint density at radius 1 is 1.17 bits per heavy atom. The van der Waals surface area contributed by atoms with Gasteiger partial charge in [0.15, 0.2) is 0 Å². The minimum Gasteiger partial charge on any atom is -0.311 e. The Bertz CT molecular complexity index is 912. The average Bonchev–Trinajstić information content (AvgIpc) is 3.48. The van der Waals surface area contributed by atoms with Crippen molar-refractivity contribution in [3.63, 3.8) is 0 Å². The van der Waals surface area contributed by atoms with Crippen LogP contribution in [0.2, 0.25) is 0 Å². The van der Waals surface area contributed by atoms with Crippen LogP contribution in [0.15, 0.2) is 34.0 Å². The van der Waals surface area contributed by atoms with Crippen molar-refractivity contribution in [2.75, 3.05) is 38.0 Å². The van der Waals surface area contributed by atoms with E-state index in [-0.39, 0.29) is 5.91 Å². The van der Waals surface area contributed by atoms with Crippen molar-refractivity contribution in [3.05, 3.63) is 29.8 Å². The van der Waals surface area contributed by atoms with E-state index in [0.717, 1.165) is 18.7 Å². The molecule has 10 heteroatoms. The fourth-order valence-electron chi connectivity index (χ4n) is 4.05. The molecule has 0 unspecified atom stereocenters. The summed E-state index contributed by atoms with van der Waals surface area (Å²) in [6.07, 6.45) is 6.78. The molecule has 1 N–H and O–H groups in total. The number of aromatic nitrogens is 2. The Morgan fingerprint density at radius 3 is 2.62 bits per heavy atom. The number of thiophene rings is 1. The number of rotatable bonds is 7. The lowest BCUT2D eigenvalue weighted by Gasteiger charge is -2.33. The lowest BCUT2D eigenvalue weighted by molar-refractivity contribution is -0.116. The van der Waals surface area contributed by atoms with E-state index in [1.807, 2.05) is 10.7 Å². The largest absolute Gasteiger partial charge is 0.311 e. The molecule has 158 valence electrons. The Labute approximate surface area is 175 Å². The van der Waals surface area contributed by atoms with E-state index in [0.29, 0.717) is 49.4 Å². The van der Waals surface area contributed by atoms with E-state index in [2.05, 4.69) is 15.3 Å². The molecule has 2 aromatic rings. The second-order valence-corrected chi connectivity index (χ2v) is 10.7. The molecule has 1 saturated carbocycles. The molecule has 1 saturated heterocycles.